The molecule has 6 nitrogen and oxygen atoms in total. The molecule has 1 aliphatic heterocycles. The van der Waals surface area contributed by atoms with Crippen LogP contribution in [0.25, 0.3) is 0 Å². The van der Waals surface area contributed by atoms with E-state index in [1.54, 1.807) is 6.92 Å². The van der Waals surface area contributed by atoms with Gasteiger partial charge in [0.1, 0.15) is 5.60 Å². The molecule has 0 radical (unpaired) electrons. The number of hydrogen-bond donors (Lipinski definition) is 2. The van der Waals surface area contributed by atoms with Crippen LogP contribution in [0.15, 0.2) is 0 Å². The van der Waals surface area contributed by atoms with E-state index in [9.17, 15) is 9.59 Å². The van der Waals surface area contributed by atoms with Crippen molar-refractivity contribution in [2.24, 2.45) is 0 Å². The van der Waals surface area contributed by atoms with Gasteiger partial charge in [-0.1, -0.05) is 0 Å². The Hall–Kier alpha value is -1.30. The number of amides is 1. The van der Waals surface area contributed by atoms with Crippen LogP contribution in [0.4, 0.5) is 4.79 Å². The second kappa shape index (κ2) is 7.47. The molecule has 2 atom stereocenters. The van der Waals surface area contributed by atoms with Gasteiger partial charge in [0.25, 0.3) is 0 Å². The van der Waals surface area contributed by atoms with Gasteiger partial charge in [0, 0.05) is 12.1 Å². The van der Waals surface area contributed by atoms with E-state index in [-0.39, 0.29) is 24.5 Å². The first kappa shape index (κ1) is 16.8. The molecule has 6 heteroatoms. The molecular formula is C14H26N2O4. The molecule has 20 heavy (non-hydrogen) atoms. The maximum Gasteiger partial charge on any atom is 0.407 e. The molecule has 116 valence electrons. The summed E-state index contributed by atoms with van der Waals surface area (Å²) in [5.74, 6) is -0.247. The van der Waals surface area contributed by atoms with Gasteiger partial charge in [-0.25, -0.2) is 4.79 Å². The van der Waals surface area contributed by atoms with Crippen LogP contribution >= 0.6 is 0 Å². The number of nitrogens with one attached hydrogen (secondary N) is 2. The second-order valence-corrected chi connectivity index (χ2v) is 5.96. The van der Waals surface area contributed by atoms with Crippen molar-refractivity contribution in [3.63, 3.8) is 0 Å². The molecule has 1 unspecified atom stereocenters. The van der Waals surface area contributed by atoms with Crippen LogP contribution in [0.2, 0.25) is 0 Å². The van der Waals surface area contributed by atoms with E-state index in [4.69, 9.17) is 9.47 Å². The summed E-state index contributed by atoms with van der Waals surface area (Å²) >= 11 is 0. The molecule has 1 aliphatic rings. The fourth-order valence-electron chi connectivity index (χ4n) is 2.20. The number of ether oxygens (including phenoxy) is 2. The average Bonchev–Trinajstić information content (AvgIpc) is 2.29. The normalized spacial score (nSPS) is 23.0. The Morgan fingerprint density at radius 1 is 1.35 bits per heavy atom. The SMILES string of the molecule is CCOC(=O)CC1NCCC[C@@H]1NC(=O)OC(C)(C)C. The number of hydrogen-bond acceptors (Lipinski definition) is 5. The highest BCUT2D eigenvalue weighted by molar-refractivity contribution is 5.71. The van der Waals surface area contributed by atoms with E-state index >= 15 is 0 Å². The van der Waals surface area contributed by atoms with Gasteiger partial charge in [0.15, 0.2) is 0 Å². The number of esters is 1. The first-order valence-corrected chi connectivity index (χ1v) is 7.20. The zero-order valence-corrected chi connectivity index (χ0v) is 12.8. The molecule has 1 amide bonds. The topological polar surface area (TPSA) is 76.7 Å². The quantitative estimate of drug-likeness (QED) is 0.767. The minimum atomic E-state index is -0.525. The summed E-state index contributed by atoms with van der Waals surface area (Å²) in [5, 5.41) is 6.10. The molecular weight excluding hydrogens is 260 g/mol. The number of piperidine rings is 1. The van der Waals surface area contributed by atoms with Gasteiger partial charge < -0.3 is 20.1 Å². The van der Waals surface area contributed by atoms with Crippen LogP contribution in [0, 0.1) is 0 Å². The first-order chi connectivity index (χ1) is 9.31. The zero-order chi connectivity index (χ0) is 15.2. The Balaban J connectivity index is 2.51. The van der Waals surface area contributed by atoms with Gasteiger partial charge in [-0.05, 0) is 47.1 Å². The van der Waals surface area contributed by atoms with Crippen molar-refractivity contribution in [1.82, 2.24) is 10.6 Å². The Kier molecular flexibility index (Phi) is 6.26. The molecule has 0 bridgehead atoms. The van der Waals surface area contributed by atoms with Crippen molar-refractivity contribution < 1.29 is 19.1 Å². The molecule has 1 saturated heterocycles. The van der Waals surface area contributed by atoms with Crippen LogP contribution in [0.5, 0.6) is 0 Å². The van der Waals surface area contributed by atoms with Crippen molar-refractivity contribution in [3.8, 4) is 0 Å². The summed E-state index contributed by atoms with van der Waals surface area (Å²) in [7, 11) is 0. The van der Waals surface area contributed by atoms with Crippen LogP contribution in [0.1, 0.15) is 47.0 Å². The third-order valence-corrected chi connectivity index (χ3v) is 2.98. The van der Waals surface area contributed by atoms with Gasteiger partial charge >= 0.3 is 12.1 Å². The van der Waals surface area contributed by atoms with E-state index in [1.807, 2.05) is 20.8 Å². The minimum absolute atomic E-state index is 0.102. The average molecular weight is 286 g/mol. The monoisotopic (exact) mass is 286 g/mol. The van der Waals surface area contributed by atoms with Crippen molar-refractivity contribution in [3.05, 3.63) is 0 Å². The lowest BCUT2D eigenvalue weighted by atomic mass is 9.96. The lowest BCUT2D eigenvalue weighted by Gasteiger charge is -2.33. The largest absolute Gasteiger partial charge is 0.466 e. The third-order valence-electron chi connectivity index (χ3n) is 2.98. The van der Waals surface area contributed by atoms with Gasteiger partial charge in [0.2, 0.25) is 0 Å². The van der Waals surface area contributed by atoms with Crippen molar-refractivity contribution in [2.75, 3.05) is 13.2 Å². The third kappa shape index (κ3) is 6.23. The summed E-state index contributed by atoms with van der Waals surface area (Å²) in [6, 6.07) is -0.210. The summed E-state index contributed by atoms with van der Waals surface area (Å²) < 4.78 is 10.2. The number of rotatable bonds is 4. The van der Waals surface area contributed by atoms with E-state index in [0.29, 0.717) is 6.61 Å². The maximum absolute atomic E-state index is 11.8. The lowest BCUT2D eigenvalue weighted by molar-refractivity contribution is -0.144. The lowest BCUT2D eigenvalue weighted by Crippen LogP contribution is -2.55. The molecule has 1 rings (SSSR count). The Bertz CT molecular complexity index is 339. The number of carbonyl (C=O) groups is 2. The highest BCUT2D eigenvalue weighted by atomic mass is 16.6. The van der Waals surface area contributed by atoms with E-state index in [2.05, 4.69) is 10.6 Å². The van der Waals surface area contributed by atoms with Crippen molar-refractivity contribution >= 4 is 12.1 Å². The van der Waals surface area contributed by atoms with Crippen LogP contribution in [-0.2, 0) is 14.3 Å². The van der Waals surface area contributed by atoms with Gasteiger partial charge in [-0.2, -0.15) is 0 Å². The zero-order valence-electron chi connectivity index (χ0n) is 12.8. The van der Waals surface area contributed by atoms with Crippen molar-refractivity contribution in [2.45, 2.75) is 64.6 Å². The molecule has 1 fully saturated rings. The fourth-order valence-corrected chi connectivity index (χ4v) is 2.20. The molecule has 2 N–H and O–H groups in total. The Morgan fingerprint density at radius 3 is 2.65 bits per heavy atom. The van der Waals surface area contributed by atoms with Gasteiger partial charge in [-0.15, -0.1) is 0 Å². The molecule has 0 aromatic heterocycles. The Labute approximate surface area is 120 Å². The summed E-state index contributed by atoms with van der Waals surface area (Å²) in [5.41, 5.74) is -0.525. The molecule has 1 heterocycles. The molecule has 0 saturated carbocycles. The van der Waals surface area contributed by atoms with Crippen LogP contribution in [-0.4, -0.2) is 42.9 Å². The molecule has 0 aromatic carbocycles. The highest BCUT2D eigenvalue weighted by Gasteiger charge is 2.29. The number of carbonyl (C=O) groups excluding carboxylic acids is 2. The van der Waals surface area contributed by atoms with Crippen molar-refractivity contribution in [1.29, 1.82) is 0 Å². The van der Waals surface area contributed by atoms with Crippen LogP contribution in [0.3, 0.4) is 0 Å². The minimum Gasteiger partial charge on any atom is -0.466 e. The highest BCUT2D eigenvalue weighted by Crippen LogP contribution is 2.14. The molecule has 0 aromatic rings. The summed E-state index contributed by atoms with van der Waals surface area (Å²) in [6.45, 7) is 8.46. The maximum atomic E-state index is 11.8. The standard InChI is InChI=1S/C14H26N2O4/c1-5-19-12(17)9-11-10(7-6-8-15-11)16-13(18)20-14(2,3)4/h10-11,15H,5-9H2,1-4H3,(H,16,18)/t10-,11?/m0/s1. The summed E-state index contributed by atoms with van der Waals surface area (Å²) in [4.78, 5) is 23.4. The smallest absolute Gasteiger partial charge is 0.407 e. The van der Waals surface area contributed by atoms with E-state index in [0.717, 1.165) is 19.4 Å². The van der Waals surface area contributed by atoms with E-state index < -0.39 is 11.7 Å². The van der Waals surface area contributed by atoms with Gasteiger partial charge in [0.05, 0.1) is 13.0 Å². The fraction of sp³-hybridized carbons (Fsp3) is 0.857. The second-order valence-electron chi connectivity index (χ2n) is 5.96. The first-order valence-electron chi connectivity index (χ1n) is 7.20. The predicted molar refractivity (Wildman–Crippen MR) is 75.4 cm³/mol. The molecule has 0 aliphatic carbocycles. The Morgan fingerprint density at radius 2 is 2.05 bits per heavy atom. The summed E-state index contributed by atoms with van der Waals surface area (Å²) in [6.07, 6.45) is 1.60. The van der Waals surface area contributed by atoms with E-state index in [1.165, 1.54) is 0 Å². The van der Waals surface area contributed by atoms with Gasteiger partial charge in [-0.3, -0.25) is 4.79 Å². The predicted octanol–water partition coefficient (Wildman–Crippen LogP) is 1.58. The van der Waals surface area contributed by atoms with Crippen LogP contribution < -0.4 is 10.6 Å². The number of alkyl carbamates (subject to hydrolysis) is 1. The molecule has 0 spiro atoms.